The van der Waals surface area contributed by atoms with Gasteiger partial charge in [0.2, 0.25) is 0 Å². The molecule has 1 aromatic rings. The molecule has 1 heterocycles. The lowest BCUT2D eigenvalue weighted by Gasteiger charge is -2.35. The van der Waals surface area contributed by atoms with Crippen LogP contribution < -0.4 is 0 Å². The second-order valence-corrected chi connectivity index (χ2v) is 6.53. The number of carbonyl (C=O) groups is 1. The first kappa shape index (κ1) is 15.1. The lowest BCUT2D eigenvalue weighted by atomic mass is 9.93. The molecule has 116 valence electrons. The van der Waals surface area contributed by atoms with Gasteiger partial charge in [0.1, 0.15) is 0 Å². The molecule has 1 aromatic carbocycles. The molecule has 0 spiro atoms. The SMILES string of the molecule is C/C=C(\C=C(/C)C1CC1)C(=O)N1CCc2ccccc2[C@H]1C. The first-order chi connectivity index (χ1) is 10.6. The quantitative estimate of drug-likeness (QED) is 0.596. The number of hydrogen-bond acceptors (Lipinski definition) is 1. The number of hydrogen-bond donors (Lipinski definition) is 0. The molecule has 0 radical (unpaired) electrons. The molecule has 1 aliphatic heterocycles. The van der Waals surface area contributed by atoms with Gasteiger partial charge in [-0.25, -0.2) is 0 Å². The summed E-state index contributed by atoms with van der Waals surface area (Å²) in [5.41, 5.74) is 4.87. The van der Waals surface area contributed by atoms with Crippen molar-refractivity contribution < 1.29 is 4.79 Å². The Hall–Kier alpha value is -1.83. The zero-order chi connectivity index (χ0) is 15.7. The Balaban J connectivity index is 1.81. The van der Waals surface area contributed by atoms with E-state index in [1.54, 1.807) is 0 Å². The summed E-state index contributed by atoms with van der Waals surface area (Å²) in [5, 5.41) is 0. The number of nitrogens with zero attached hydrogens (tertiary/aromatic N) is 1. The van der Waals surface area contributed by atoms with Crippen LogP contribution >= 0.6 is 0 Å². The van der Waals surface area contributed by atoms with Crippen molar-refractivity contribution in [3.8, 4) is 0 Å². The van der Waals surface area contributed by atoms with E-state index in [4.69, 9.17) is 0 Å². The fourth-order valence-electron chi connectivity index (χ4n) is 3.39. The predicted octanol–water partition coefficient (Wildman–Crippen LogP) is 4.43. The minimum absolute atomic E-state index is 0.155. The fraction of sp³-hybridized carbons (Fsp3) is 0.450. The van der Waals surface area contributed by atoms with Crippen LogP contribution in [0.3, 0.4) is 0 Å². The van der Waals surface area contributed by atoms with E-state index in [1.165, 1.54) is 29.5 Å². The highest BCUT2D eigenvalue weighted by atomic mass is 16.2. The van der Waals surface area contributed by atoms with Crippen molar-refractivity contribution in [1.82, 2.24) is 4.90 Å². The van der Waals surface area contributed by atoms with Gasteiger partial charge in [-0.3, -0.25) is 4.79 Å². The molecule has 0 aromatic heterocycles. The van der Waals surface area contributed by atoms with Crippen molar-refractivity contribution in [2.45, 2.75) is 46.1 Å². The Morgan fingerprint density at radius 3 is 2.68 bits per heavy atom. The van der Waals surface area contributed by atoms with E-state index >= 15 is 0 Å². The van der Waals surface area contributed by atoms with Crippen LogP contribution in [0, 0.1) is 5.92 Å². The fourth-order valence-corrected chi connectivity index (χ4v) is 3.39. The maximum atomic E-state index is 12.9. The van der Waals surface area contributed by atoms with Gasteiger partial charge in [0.05, 0.1) is 6.04 Å². The Bertz CT molecular complexity index is 637. The summed E-state index contributed by atoms with van der Waals surface area (Å²) in [7, 11) is 0. The van der Waals surface area contributed by atoms with Crippen molar-refractivity contribution in [2.75, 3.05) is 6.54 Å². The maximum absolute atomic E-state index is 12.9. The van der Waals surface area contributed by atoms with Crippen LogP contribution in [-0.4, -0.2) is 17.4 Å². The van der Waals surface area contributed by atoms with E-state index in [0.717, 1.165) is 18.5 Å². The summed E-state index contributed by atoms with van der Waals surface area (Å²) in [5.74, 6) is 0.881. The molecule has 22 heavy (non-hydrogen) atoms. The molecule has 1 atom stereocenters. The molecule has 2 nitrogen and oxygen atoms in total. The Morgan fingerprint density at radius 1 is 1.27 bits per heavy atom. The molecule has 0 N–H and O–H groups in total. The van der Waals surface area contributed by atoms with Crippen LogP contribution in [0.25, 0.3) is 0 Å². The minimum atomic E-state index is 0.155. The number of benzene rings is 1. The smallest absolute Gasteiger partial charge is 0.254 e. The molecular formula is C20H25NO. The topological polar surface area (TPSA) is 20.3 Å². The summed E-state index contributed by atoms with van der Waals surface area (Å²) in [6.07, 6.45) is 7.57. The third kappa shape index (κ3) is 2.87. The van der Waals surface area contributed by atoms with Crippen LogP contribution in [-0.2, 0) is 11.2 Å². The summed E-state index contributed by atoms with van der Waals surface area (Å²) < 4.78 is 0. The standard InChI is InChI=1S/C20H25NO/c1-4-16(13-14(2)17-9-10-17)20(22)21-12-11-18-7-5-6-8-19(18)15(21)3/h4-8,13,15,17H,9-12H2,1-3H3/b14-13+,16-4+/t15-/m1/s1. The van der Waals surface area contributed by atoms with Crippen LogP contribution in [0.4, 0.5) is 0 Å². The number of carbonyl (C=O) groups excluding carboxylic acids is 1. The third-order valence-electron chi connectivity index (χ3n) is 5.02. The van der Waals surface area contributed by atoms with Gasteiger partial charge < -0.3 is 4.90 Å². The molecule has 1 aliphatic carbocycles. The van der Waals surface area contributed by atoms with Gasteiger partial charge in [-0.15, -0.1) is 0 Å². The van der Waals surface area contributed by atoms with Gasteiger partial charge in [0, 0.05) is 12.1 Å². The lowest BCUT2D eigenvalue weighted by molar-refractivity contribution is -0.129. The lowest BCUT2D eigenvalue weighted by Crippen LogP contribution is -2.39. The monoisotopic (exact) mass is 295 g/mol. The molecule has 2 aliphatic rings. The highest BCUT2D eigenvalue weighted by Crippen LogP contribution is 2.37. The summed E-state index contributed by atoms with van der Waals surface area (Å²) >= 11 is 0. The van der Waals surface area contributed by atoms with Crippen molar-refractivity contribution >= 4 is 5.91 Å². The van der Waals surface area contributed by atoms with Crippen LogP contribution in [0.1, 0.15) is 50.8 Å². The molecule has 0 bridgehead atoms. The van der Waals surface area contributed by atoms with Crippen molar-refractivity contribution in [2.24, 2.45) is 5.92 Å². The van der Waals surface area contributed by atoms with Gasteiger partial charge in [0.25, 0.3) is 5.91 Å². The Labute approximate surface area is 133 Å². The largest absolute Gasteiger partial charge is 0.332 e. The zero-order valence-corrected chi connectivity index (χ0v) is 13.8. The zero-order valence-electron chi connectivity index (χ0n) is 13.8. The van der Waals surface area contributed by atoms with Gasteiger partial charge in [0.15, 0.2) is 0 Å². The molecule has 3 rings (SSSR count). The summed E-state index contributed by atoms with van der Waals surface area (Å²) in [6, 6.07) is 8.64. The van der Waals surface area contributed by atoms with Crippen molar-refractivity contribution in [1.29, 1.82) is 0 Å². The average molecular weight is 295 g/mol. The van der Waals surface area contributed by atoms with E-state index in [-0.39, 0.29) is 11.9 Å². The van der Waals surface area contributed by atoms with Gasteiger partial charge in [-0.05, 0) is 57.1 Å². The van der Waals surface area contributed by atoms with E-state index in [0.29, 0.717) is 5.92 Å². The molecular weight excluding hydrogens is 270 g/mol. The molecule has 2 heteroatoms. The van der Waals surface area contributed by atoms with E-state index in [1.807, 2.05) is 17.9 Å². The van der Waals surface area contributed by atoms with Crippen molar-refractivity contribution in [3.05, 3.63) is 58.7 Å². The molecule has 0 unspecified atom stereocenters. The first-order valence-corrected chi connectivity index (χ1v) is 8.35. The molecule has 1 amide bonds. The van der Waals surface area contributed by atoms with Crippen LogP contribution in [0.2, 0.25) is 0 Å². The normalized spacial score (nSPS) is 22.5. The number of fused-ring (bicyclic) bond motifs is 1. The summed E-state index contributed by atoms with van der Waals surface area (Å²) in [6.45, 7) is 7.07. The van der Waals surface area contributed by atoms with Gasteiger partial charge in [-0.1, -0.05) is 42.0 Å². The second kappa shape index (κ2) is 6.12. The number of rotatable bonds is 3. The van der Waals surface area contributed by atoms with Crippen LogP contribution in [0.5, 0.6) is 0 Å². The Morgan fingerprint density at radius 2 is 2.00 bits per heavy atom. The second-order valence-electron chi connectivity index (χ2n) is 6.53. The van der Waals surface area contributed by atoms with Crippen molar-refractivity contribution in [3.63, 3.8) is 0 Å². The van der Waals surface area contributed by atoms with E-state index in [2.05, 4.69) is 44.2 Å². The van der Waals surface area contributed by atoms with Crippen LogP contribution in [0.15, 0.2) is 47.6 Å². The summed E-state index contributed by atoms with van der Waals surface area (Å²) in [4.78, 5) is 15.0. The van der Waals surface area contributed by atoms with E-state index in [9.17, 15) is 4.79 Å². The van der Waals surface area contributed by atoms with Gasteiger partial charge in [-0.2, -0.15) is 0 Å². The predicted molar refractivity (Wildman–Crippen MR) is 90.5 cm³/mol. The highest BCUT2D eigenvalue weighted by Gasteiger charge is 2.29. The van der Waals surface area contributed by atoms with E-state index < -0.39 is 0 Å². The minimum Gasteiger partial charge on any atom is -0.332 e. The average Bonchev–Trinajstić information content (AvgIpc) is 3.37. The first-order valence-electron chi connectivity index (χ1n) is 8.35. The third-order valence-corrected chi connectivity index (χ3v) is 5.02. The maximum Gasteiger partial charge on any atom is 0.254 e. The van der Waals surface area contributed by atoms with Gasteiger partial charge >= 0.3 is 0 Å². The number of amides is 1. The molecule has 1 saturated carbocycles. The highest BCUT2D eigenvalue weighted by molar-refractivity contribution is 5.96. The molecule has 1 fully saturated rings. The Kier molecular flexibility index (Phi) is 4.19. The number of allylic oxidation sites excluding steroid dienone is 2. The molecule has 0 saturated heterocycles.